The molecule has 0 aliphatic rings. The molecular weight excluding hydrogens is 194 g/mol. The van der Waals surface area contributed by atoms with Crippen LogP contribution in [0.1, 0.15) is 30.3 Å². The van der Waals surface area contributed by atoms with E-state index in [1.807, 2.05) is 0 Å². The summed E-state index contributed by atoms with van der Waals surface area (Å²) >= 11 is 0. The average Bonchev–Trinajstić information content (AvgIpc) is 2.72. The molecule has 0 atom stereocenters. The summed E-state index contributed by atoms with van der Waals surface area (Å²) in [5.74, 6) is -0.0322. The van der Waals surface area contributed by atoms with E-state index in [1.165, 1.54) is 6.92 Å². The highest BCUT2D eigenvalue weighted by molar-refractivity contribution is 5.99. The van der Waals surface area contributed by atoms with Gasteiger partial charge in [0, 0.05) is 25.0 Å². The molecule has 0 unspecified atom stereocenters. The van der Waals surface area contributed by atoms with Gasteiger partial charge in [-0.15, -0.1) is 0 Å². The number of aromatic amines is 1. The van der Waals surface area contributed by atoms with Gasteiger partial charge in [-0.1, -0.05) is 0 Å². The Morgan fingerprint density at radius 2 is 2.20 bits per heavy atom. The molecule has 1 N–H and O–H groups in total. The average molecular weight is 205 g/mol. The van der Waals surface area contributed by atoms with Crippen LogP contribution >= 0.6 is 0 Å². The molecule has 0 radical (unpaired) electrons. The van der Waals surface area contributed by atoms with Crippen molar-refractivity contribution < 1.29 is 14.0 Å². The van der Waals surface area contributed by atoms with E-state index in [1.54, 1.807) is 18.4 Å². The number of carbonyl (C=O) groups is 2. The van der Waals surface area contributed by atoms with Gasteiger partial charge >= 0.3 is 0 Å². The standard InChI is InChI=1S/C11H11NO3/c1-7(13)2-3-10(14)9-6-11-8(12-9)4-5-15-11/h4-6,12H,2-3H2,1H3. The molecule has 2 rings (SSSR count). The fourth-order valence-electron chi connectivity index (χ4n) is 1.42. The van der Waals surface area contributed by atoms with E-state index in [0.29, 0.717) is 17.7 Å². The van der Waals surface area contributed by atoms with Crippen molar-refractivity contribution in [2.45, 2.75) is 19.8 Å². The number of H-pyrrole nitrogens is 1. The third-order valence-electron chi connectivity index (χ3n) is 2.24. The van der Waals surface area contributed by atoms with Crippen molar-refractivity contribution in [3.05, 3.63) is 24.1 Å². The van der Waals surface area contributed by atoms with Gasteiger partial charge in [-0.2, -0.15) is 0 Å². The summed E-state index contributed by atoms with van der Waals surface area (Å²) in [6.45, 7) is 1.48. The highest BCUT2D eigenvalue weighted by atomic mass is 16.3. The van der Waals surface area contributed by atoms with Gasteiger partial charge < -0.3 is 14.2 Å². The van der Waals surface area contributed by atoms with E-state index in [-0.39, 0.29) is 18.0 Å². The molecule has 0 spiro atoms. The van der Waals surface area contributed by atoms with Gasteiger partial charge in [0.05, 0.1) is 17.5 Å². The summed E-state index contributed by atoms with van der Waals surface area (Å²) in [5.41, 5.74) is 1.98. The fraction of sp³-hybridized carbons (Fsp3) is 0.273. The molecule has 0 aliphatic carbocycles. The van der Waals surface area contributed by atoms with Crippen molar-refractivity contribution in [2.24, 2.45) is 0 Å². The Morgan fingerprint density at radius 1 is 1.40 bits per heavy atom. The van der Waals surface area contributed by atoms with Crippen molar-refractivity contribution in [2.75, 3.05) is 0 Å². The van der Waals surface area contributed by atoms with Crippen molar-refractivity contribution in [3.63, 3.8) is 0 Å². The number of fused-ring (bicyclic) bond motifs is 1. The lowest BCUT2D eigenvalue weighted by atomic mass is 10.1. The summed E-state index contributed by atoms with van der Waals surface area (Å²) in [6.07, 6.45) is 2.10. The van der Waals surface area contributed by atoms with Gasteiger partial charge in [-0.25, -0.2) is 0 Å². The highest BCUT2D eigenvalue weighted by Crippen LogP contribution is 2.17. The first kappa shape index (κ1) is 9.71. The third kappa shape index (κ3) is 1.98. The first-order valence-corrected chi connectivity index (χ1v) is 4.75. The zero-order valence-corrected chi connectivity index (χ0v) is 8.37. The summed E-state index contributed by atoms with van der Waals surface area (Å²) in [5, 5.41) is 0. The minimum atomic E-state index is -0.0587. The fourth-order valence-corrected chi connectivity index (χ4v) is 1.42. The molecule has 0 amide bonds. The predicted molar refractivity (Wildman–Crippen MR) is 54.8 cm³/mol. The zero-order chi connectivity index (χ0) is 10.8. The quantitative estimate of drug-likeness (QED) is 0.779. The molecular formula is C11H11NO3. The predicted octanol–water partition coefficient (Wildman–Crippen LogP) is 2.31. The van der Waals surface area contributed by atoms with Crippen LogP contribution in [0, 0.1) is 0 Å². The molecule has 4 nitrogen and oxygen atoms in total. The summed E-state index contributed by atoms with van der Waals surface area (Å²) in [7, 11) is 0. The topological polar surface area (TPSA) is 63.1 Å². The second kappa shape index (κ2) is 3.73. The smallest absolute Gasteiger partial charge is 0.179 e. The molecule has 2 aromatic heterocycles. The maximum Gasteiger partial charge on any atom is 0.179 e. The molecule has 0 saturated heterocycles. The van der Waals surface area contributed by atoms with Gasteiger partial charge in [0.15, 0.2) is 11.4 Å². The summed E-state index contributed by atoms with van der Waals surface area (Å²) in [6, 6.07) is 3.43. The van der Waals surface area contributed by atoms with Gasteiger partial charge in [0.1, 0.15) is 5.78 Å². The van der Waals surface area contributed by atoms with Gasteiger partial charge in [0.25, 0.3) is 0 Å². The second-order valence-corrected chi connectivity index (χ2v) is 3.51. The number of hydrogen-bond donors (Lipinski definition) is 1. The van der Waals surface area contributed by atoms with Crippen LogP contribution in [-0.4, -0.2) is 16.6 Å². The van der Waals surface area contributed by atoms with E-state index in [9.17, 15) is 9.59 Å². The molecule has 4 heteroatoms. The number of ketones is 2. The van der Waals surface area contributed by atoms with Gasteiger partial charge in [-0.05, 0) is 6.92 Å². The minimum Gasteiger partial charge on any atom is -0.463 e. The zero-order valence-electron chi connectivity index (χ0n) is 8.37. The Hall–Kier alpha value is -1.84. The largest absolute Gasteiger partial charge is 0.463 e. The highest BCUT2D eigenvalue weighted by Gasteiger charge is 2.11. The Kier molecular flexibility index (Phi) is 2.41. The lowest BCUT2D eigenvalue weighted by molar-refractivity contribution is -0.116. The van der Waals surface area contributed by atoms with Crippen LogP contribution in [0.5, 0.6) is 0 Å². The summed E-state index contributed by atoms with van der Waals surface area (Å²) in [4.78, 5) is 25.3. The first-order chi connectivity index (χ1) is 7.16. The molecule has 0 fully saturated rings. The Balaban J connectivity index is 2.13. The van der Waals surface area contributed by atoms with Crippen molar-refractivity contribution >= 4 is 22.7 Å². The van der Waals surface area contributed by atoms with Crippen LogP contribution in [0.25, 0.3) is 11.1 Å². The number of hydrogen-bond acceptors (Lipinski definition) is 3. The monoisotopic (exact) mass is 205 g/mol. The van der Waals surface area contributed by atoms with Crippen LogP contribution < -0.4 is 0 Å². The van der Waals surface area contributed by atoms with E-state index >= 15 is 0 Å². The van der Waals surface area contributed by atoms with Crippen molar-refractivity contribution in [1.29, 1.82) is 0 Å². The maximum absolute atomic E-state index is 11.6. The van der Waals surface area contributed by atoms with Crippen LogP contribution in [0.15, 0.2) is 22.8 Å². The Morgan fingerprint density at radius 3 is 2.87 bits per heavy atom. The van der Waals surface area contributed by atoms with Crippen molar-refractivity contribution in [1.82, 2.24) is 4.98 Å². The molecule has 0 aliphatic heterocycles. The number of aromatic nitrogens is 1. The van der Waals surface area contributed by atoms with E-state index in [0.717, 1.165) is 5.52 Å². The number of carbonyl (C=O) groups excluding carboxylic acids is 2. The molecule has 2 aromatic rings. The molecule has 78 valence electrons. The van der Waals surface area contributed by atoms with Crippen LogP contribution in [0.2, 0.25) is 0 Å². The molecule has 0 saturated carbocycles. The number of Topliss-reactive ketones (excluding diaryl/α,β-unsaturated/α-hetero) is 2. The molecule has 15 heavy (non-hydrogen) atoms. The van der Waals surface area contributed by atoms with Crippen LogP contribution in [0.3, 0.4) is 0 Å². The van der Waals surface area contributed by atoms with Gasteiger partial charge in [0.2, 0.25) is 0 Å². The van der Waals surface area contributed by atoms with E-state index in [2.05, 4.69) is 4.98 Å². The number of furan rings is 1. The SMILES string of the molecule is CC(=O)CCC(=O)c1cc2occc2[nH]1. The van der Waals surface area contributed by atoms with E-state index < -0.39 is 0 Å². The number of nitrogens with one attached hydrogen (secondary N) is 1. The Labute approximate surface area is 86.3 Å². The summed E-state index contributed by atoms with van der Waals surface area (Å²) < 4.78 is 5.12. The van der Waals surface area contributed by atoms with Gasteiger partial charge in [-0.3, -0.25) is 4.79 Å². The lowest BCUT2D eigenvalue weighted by Gasteiger charge is -1.94. The Bertz CT molecular complexity index is 478. The normalized spacial score (nSPS) is 10.7. The molecule has 0 bridgehead atoms. The minimum absolute atomic E-state index is 0.0265. The molecule has 0 aromatic carbocycles. The first-order valence-electron chi connectivity index (χ1n) is 4.75. The van der Waals surface area contributed by atoms with Crippen LogP contribution in [-0.2, 0) is 4.79 Å². The third-order valence-corrected chi connectivity index (χ3v) is 2.24. The second-order valence-electron chi connectivity index (χ2n) is 3.51. The number of rotatable bonds is 4. The van der Waals surface area contributed by atoms with E-state index in [4.69, 9.17) is 4.42 Å². The van der Waals surface area contributed by atoms with Crippen molar-refractivity contribution in [3.8, 4) is 0 Å². The maximum atomic E-state index is 11.6. The van der Waals surface area contributed by atoms with Crippen LogP contribution in [0.4, 0.5) is 0 Å². The molecule has 2 heterocycles. The lowest BCUT2D eigenvalue weighted by Crippen LogP contribution is -2.02.